The van der Waals surface area contributed by atoms with Gasteiger partial charge in [0.25, 0.3) is 0 Å². The second kappa shape index (κ2) is 9.86. The van der Waals surface area contributed by atoms with Gasteiger partial charge in [0.1, 0.15) is 39.0 Å². The number of rotatable bonds is 4. The summed E-state index contributed by atoms with van der Waals surface area (Å²) in [6, 6.07) is 49.2. The summed E-state index contributed by atoms with van der Waals surface area (Å²) < 4.78 is 25.3. The number of hydrogen-bond donors (Lipinski definition) is 0. The van der Waals surface area contributed by atoms with Gasteiger partial charge in [-0.2, -0.15) is 0 Å². The van der Waals surface area contributed by atoms with Crippen LogP contribution >= 0.6 is 0 Å². The molecular formula is C43H24N2O4. The van der Waals surface area contributed by atoms with Gasteiger partial charge in [-0.05, 0) is 78.9 Å². The summed E-state index contributed by atoms with van der Waals surface area (Å²) in [6.45, 7) is 0. The van der Waals surface area contributed by atoms with Gasteiger partial charge in [-0.3, -0.25) is 0 Å². The predicted molar refractivity (Wildman–Crippen MR) is 196 cm³/mol. The van der Waals surface area contributed by atoms with Gasteiger partial charge in [0.15, 0.2) is 5.58 Å². The Labute approximate surface area is 278 Å². The van der Waals surface area contributed by atoms with Gasteiger partial charge in [-0.25, -0.2) is 4.98 Å². The van der Waals surface area contributed by atoms with Crippen LogP contribution in [-0.4, -0.2) is 4.98 Å². The van der Waals surface area contributed by atoms with Crippen LogP contribution in [0.4, 0.5) is 17.1 Å². The second-order valence-corrected chi connectivity index (χ2v) is 12.3. The maximum atomic E-state index is 6.40. The van der Waals surface area contributed by atoms with Gasteiger partial charge in [0.05, 0.1) is 0 Å². The first-order valence-electron chi connectivity index (χ1n) is 16.2. The molecule has 0 saturated heterocycles. The van der Waals surface area contributed by atoms with Crippen molar-refractivity contribution in [1.29, 1.82) is 0 Å². The number of anilines is 3. The van der Waals surface area contributed by atoms with E-state index in [0.717, 1.165) is 99.5 Å². The first kappa shape index (κ1) is 26.3. The third-order valence-electron chi connectivity index (χ3n) is 9.50. The highest BCUT2D eigenvalue weighted by Crippen LogP contribution is 2.44. The Morgan fingerprint density at radius 1 is 0.367 bits per heavy atom. The summed E-state index contributed by atoms with van der Waals surface area (Å²) in [5.41, 5.74) is 10.2. The molecule has 0 atom stereocenters. The van der Waals surface area contributed by atoms with Gasteiger partial charge >= 0.3 is 0 Å². The summed E-state index contributed by atoms with van der Waals surface area (Å²) in [5.74, 6) is 0.558. The van der Waals surface area contributed by atoms with E-state index in [1.165, 1.54) is 0 Å². The topological polar surface area (TPSA) is 68.7 Å². The third kappa shape index (κ3) is 3.92. The van der Waals surface area contributed by atoms with E-state index in [0.29, 0.717) is 5.89 Å². The first-order valence-corrected chi connectivity index (χ1v) is 16.2. The molecule has 0 fully saturated rings. The molecule has 0 amide bonds. The van der Waals surface area contributed by atoms with Crippen molar-refractivity contribution in [3.8, 4) is 11.5 Å². The molecule has 0 unspecified atom stereocenters. The minimum Gasteiger partial charge on any atom is -0.456 e. The van der Waals surface area contributed by atoms with Gasteiger partial charge in [0.2, 0.25) is 5.89 Å². The van der Waals surface area contributed by atoms with Crippen molar-refractivity contribution in [3.63, 3.8) is 0 Å². The number of oxazole rings is 1. The smallest absolute Gasteiger partial charge is 0.228 e. The summed E-state index contributed by atoms with van der Waals surface area (Å²) in [6.07, 6.45) is 0. The van der Waals surface area contributed by atoms with E-state index in [1.807, 2.05) is 84.9 Å². The number of para-hydroxylation sites is 4. The van der Waals surface area contributed by atoms with Crippen molar-refractivity contribution in [2.45, 2.75) is 0 Å². The lowest BCUT2D eigenvalue weighted by Crippen LogP contribution is -2.09. The zero-order valence-electron chi connectivity index (χ0n) is 25.9. The Kier molecular flexibility index (Phi) is 5.29. The van der Waals surface area contributed by atoms with Crippen LogP contribution in [0, 0.1) is 0 Å². The van der Waals surface area contributed by atoms with E-state index >= 15 is 0 Å². The summed E-state index contributed by atoms with van der Waals surface area (Å²) in [4.78, 5) is 7.06. The molecule has 6 nitrogen and oxygen atoms in total. The number of furan rings is 3. The van der Waals surface area contributed by atoms with Crippen LogP contribution in [0.3, 0.4) is 0 Å². The minimum absolute atomic E-state index is 0.558. The van der Waals surface area contributed by atoms with E-state index < -0.39 is 0 Å². The van der Waals surface area contributed by atoms with Crippen molar-refractivity contribution in [1.82, 2.24) is 4.98 Å². The molecule has 4 heterocycles. The maximum absolute atomic E-state index is 6.40. The second-order valence-electron chi connectivity index (χ2n) is 12.3. The van der Waals surface area contributed by atoms with Crippen LogP contribution in [0.1, 0.15) is 0 Å². The number of aromatic nitrogens is 1. The molecule has 7 aromatic carbocycles. The molecule has 0 aliphatic carbocycles. The lowest BCUT2D eigenvalue weighted by atomic mass is 10.0. The Morgan fingerprint density at radius 2 is 0.898 bits per heavy atom. The molecule has 0 radical (unpaired) electrons. The van der Waals surface area contributed by atoms with Crippen molar-refractivity contribution in [3.05, 3.63) is 146 Å². The summed E-state index contributed by atoms with van der Waals surface area (Å²) in [5, 5.41) is 6.25. The monoisotopic (exact) mass is 632 g/mol. The van der Waals surface area contributed by atoms with Crippen molar-refractivity contribution in [2.24, 2.45) is 0 Å². The number of nitrogens with zero attached hydrogens (tertiary/aromatic N) is 2. The van der Waals surface area contributed by atoms with Crippen molar-refractivity contribution in [2.75, 3.05) is 4.90 Å². The average Bonchev–Trinajstić information content (AvgIpc) is 3.92. The summed E-state index contributed by atoms with van der Waals surface area (Å²) >= 11 is 0. The van der Waals surface area contributed by atoms with E-state index in [9.17, 15) is 0 Å². The predicted octanol–water partition coefficient (Wildman–Crippen LogP) is 12.7. The minimum atomic E-state index is 0.558. The number of benzene rings is 7. The molecule has 11 aromatic rings. The van der Waals surface area contributed by atoms with Gasteiger partial charge in [-0.1, -0.05) is 54.6 Å². The zero-order chi connectivity index (χ0) is 32.1. The van der Waals surface area contributed by atoms with Gasteiger partial charge in [0, 0.05) is 67.1 Å². The third-order valence-corrected chi connectivity index (χ3v) is 9.50. The molecule has 0 aliphatic rings. The standard InChI is InChI=1S/C43H24N2O4/c1-4-12-35-28(8-1)30-19-16-26(23-40(30)47-35)45(27-17-20-31-29-9-2-5-13-36(29)48-41(31)24-27)25-18-21-37-33(22-25)42-32(10-7-15-39(42)46-37)43-44-34-11-3-6-14-38(34)49-43/h1-24H. The SMILES string of the molecule is c1ccc2oc(-c3cccc4oc5ccc(N(c6ccc7c(c6)oc6ccccc67)c6ccc7c(c6)oc6ccccc67)cc5c34)nc2c1. The number of fused-ring (bicyclic) bond motifs is 10. The van der Waals surface area contributed by atoms with Crippen LogP contribution in [0.15, 0.2) is 163 Å². The molecule has 6 heteroatoms. The van der Waals surface area contributed by atoms with Gasteiger partial charge < -0.3 is 22.6 Å². The van der Waals surface area contributed by atoms with Crippen LogP contribution in [-0.2, 0) is 0 Å². The van der Waals surface area contributed by atoms with Crippen LogP contribution in [0.25, 0.3) is 88.4 Å². The maximum Gasteiger partial charge on any atom is 0.228 e. The fraction of sp³-hybridized carbons (Fsp3) is 0. The fourth-order valence-corrected chi connectivity index (χ4v) is 7.27. The molecule has 0 N–H and O–H groups in total. The lowest BCUT2D eigenvalue weighted by molar-refractivity contribution is 0.620. The zero-order valence-corrected chi connectivity index (χ0v) is 25.9. The Morgan fingerprint density at radius 3 is 1.59 bits per heavy atom. The first-order chi connectivity index (χ1) is 24.2. The van der Waals surface area contributed by atoms with Crippen LogP contribution in [0.5, 0.6) is 0 Å². The molecule has 230 valence electrons. The van der Waals surface area contributed by atoms with E-state index in [-0.39, 0.29) is 0 Å². The molecular weight excluding hydrogens is 608 g/mol. The molecule has 11 rings (SSSR count). The van der Waals surface area contributed by atoms with E-state index in [2.05, 4.69) is 65.6 Å². The van der Waals surface area contributed by atoms with Crippen molar-refractivity contribution < 1.29 is 17.7 Å². The highest BCUT2D eigenvalue weighted by molar-refractivity contribution is 6.13. The molecule has 49 heavy (non-hydrogen) atoms. The normalized spacial score (nSPS) is 12.1. The quantitative estimate of drug-likeness (QED) is 0.192. The van der Waals surface area contributed by atoms with Crippen LogP contribution in [0.2, 0.25) is 0 Å². The molecule has 0 bridgehead atoms. The number of hydrogen-bond acceptors (Lipinski definition) is 6. The van der Waals surface area contributed by atoms with E-state index in [4.69, 9.17) is 22.7 Å². The average molecular weight is 633 g/mol. The Bertz CT molecular complexity index is 2940. The lowest BCUT2D eigenvalue weighted by Gasteiger charge is -2.25. The highest BCUT2D eigenvalue weighted by Gasteiger charge is 2.21. The molecule has 0 saturated carbocycles. The van der Waals surface area contributed by atoms with Crippen LogP contribution < -0.4 is 4.90 Å². The molecule has 0 aliphatic heterocycles. The molecule has 4 aromatic heterocycles. The Balaban J connectivity index is 1.15. The molecule has 0 spiro atoms. The Hall–Kier alpha value is -6.79. The highest BCUT2D eigenvalue weighted by atomic mass is 16.4. The van der Waals surface area contributed by atoms with E-state index in [1.54, 1.807) is 0 Å². The van der Waals surface area contributed by atoms with Crippen molar-refractivity contribution >= 4 is 94.0 Å². The fourth-order valence-electron chi connectivity index (χ4n) is 7.27. The largest absolute Gasteiger partial charge is 0.456 e. The van der Waals surface area contributed by atoms with Gasteiger partial charge in [-0.15, -0.1) is 0 Å². The summed E-state index contributed by atoms with van der Waals surface area (Å²) in [7, 11) is 0.